The van der Waals surface area contributed by atoms with Gasteiger partial charge in [0.1, 0.15) is 15.6 Å². The van der Waals surface area contributed by atoms with E-state index in [0.29, 0.717) is 11.4 Å². The molecule has 0 saturated carbocycles. The fraction of sp³-hybridized carbons (Fsp3) is 0.286. The van der Waals surface area contributed by atoms with Gasteiger partial charge >= 0.3 is 5.97 Å². The average Bonchev–Trinajstić information content (AvgIpc) is 3.23. The van der Waals surface area contributed by atoms with Gasteiger partial charge in [-0.1, -0.05) is 29.8 Å². The number of benzene rings is 1. The third-order valence-corrected chi connectivity index (χ3v) is 5.62. The van der Waals surface area contributed by atoms with Crippen LogP contribution in [0.25, 0.3) is 10.2 Å². The molecule has 1 atom stereocenters. The highest BCUT2D eigenvalue weighted by atomic mass is 32.1. The van der Waals surface area contributed by atoms with Crippen molar-refractivity contribution >= 4 is 39.0 Å². The lowest BCUT2D eigenvalue weighted by molar-refractivity contribution is -0.122. The number of nitrogens with one attached hydrogen (secondary N) is 1. The molecule has 8 heteroatoms. The first-order valence-corrected chi connectivity index (χ1v) is 9.78. The van der Waals surface area contributed by atoms with Crippen molar-refractivity contribution in [2.75, 3.05) is 6.61 Å². The second-order valence-corrected chi connectivity index (χ2v) is 7.88. The molecule has 0 unspecified atom stereocenters. The van der Waals surface area contributed by atoms with Crippen LogP contribution in [0.1, 0.15) is 33.4 Å². The minimum atomic E-state index is -1.18. The van der Waals surface area contributed by atoms with E-state index in [1.807, 2.05) is 42.8 Å². The molecule has 0 saturated heterocycles. The second kappa shape index (κ2) is 8.37. The molecule has 0 aliphatic heterocycles. The normalized spacial score (nSPS) is 11.8. The number of carbonyl (C=O) groups excluding carboxylic acids is 2. The van der Waals surface area contributed by atoms with Gasteiger partial charge in [-0.15, -0.1) is 11.3 Å². The maximum absolute atomic E-state index is 12.4. The number of Topliss-reactive ketones (excluding diaryl/α,β-unsaturated/α-hetero) is 1. The number of aromatic nitrogens is 2. The number of thiophene rings is 1. The Morgan fingerprint density at radius 2 is 2.00 bits per heavy atom. The van der Waals surface area contributed by atoms with Gasteiger partial charge in [-0.3, -0.25) is 9.48 Å². The van der Waals surface area contributed by atoms with E-state index in [4.69, 9.17) is 15.4 Å². The number of carbonyl (C=O) groups is 2. The first-order valence-electron chi connectivity index (χ1n) is 8.97. The number of rotatable bonds is 7. The topological polar surface area (TPSA) is 109 Å². The summed E-state index contributed by atoms with van der Waals surface area (Å²) in [6.45, 7) is 5.34. The van der Waals surface area contributed by atoms with Gasteiger partial charge in [0.15, 0.2) is 12.4 Å². The summed E-state index contributed by atoms with van der Waals surface area (Å²) in [7, 11) is 0. The number of aryl methyl sites for hydroxylation is 2. The Morgan fingerprint density at radius 3 is 2.62 bits per heavy atom. The predicted molar refractivity (Wildman–Crippen MR) is 110 cm³/mol. The van der Waals surface area contributed by atoms with Crippen LogP contribution in [-0.4, -0.2) is 33.9 Å². The number of ether oxygens (including phenoxy) is 1. The van der Waals surface area contributed by atoms with Crippen molar-refractivity contribution in [1.29, 1.82) is 10.7 Å². The Hall–Kier alpha value is -3.31. The molecule has 0 spiro atoms. The highest BCUT2D eigenvalue weighted by molar-refractivity contribution is 7.20. The predicted octanol–water partition coefficient (Wildman–Crippen LogP) is 3.67. The third-order valence-electron chi connectivity index (χ3n) is 4.49. The number of fused-ring (bicyclic) bond motifs is 1. The summed E-state index contributed by atoms with van der Waals surface area (Å²) < 4.78 is 6.93. The maximum Gasteiger partial charge on any atom is 0.348 e. The lowest BCUT2D eigenvalue weighted by Crippen LogP contribution is -2.25. The molecule has 0 radical (unpaired) electrons. The van der Waals surface area contributed by atoms with E-state index < -0.39 is 24.3 Å². The molecule has 1 N–H and O–H groups in total. The van der Waals surface area contributed by atoms with E-state index in [-0.39, 0.29) is 5.71 Å². The summed E-state index contributed by atoms with van der Waals surface area (Å²) in [6, 6.07) is 11.6. The van der Waals surface area contributed by atoms with E-state index in [0.717, 1.165) is 21.5 Å². The minimum absolute atomic E-state index is 0.0674. The third kappa shape index (κ3) is 4.41. The molecule has 148 valence electrons. The number of hydrogen-bond donors (Lipinski definition) is 1. The van der Waals surface area contributed by atoms with Crippen molar-refractivity contribution in [3.63, 3.8) is 0 Å². The summed E-state index contributed by atoms with van der Waals surface area (Å²) in [4.78, 5) is 25.6. The van der Waals surface area contributed by atoms with Gasteiger partial charge in [-0.2, -0.15) is 10.4 Å². The van der Waals surface area contributed by atoms with Gasteiger partial charge in [-0.25, -0.2) is 4.79 Å². The zero-order chi connectivity index (χ0) is 21.1. The number of esters is 1. The van der Waals surface area contributed by atoms with E-state index >= 15 is 0 Å². The molecule has 7 nitrogen and oxygen atoms in total. The largest absolute Gasteiger partial charge is 0.453 e. The van der Waals surface area contributed by atoms with Crippen molar-refractivity contribution in [3.8, 4) is 6.07 Å². The van der Waals surface area contributed by atoms with Crippen LogP contribution >= 0.6 is 11.3 Å². The minimum Gasteiger partial charge on any atom is -0.453 e. The van der Waals surface area contributed by atoms with Gasteiger partial charge in [0.25, 0.3) is 0 Å². The molecule has 0 bridgehead atoms. The van der Waals surface area contributed by atoms with Crippen molar-refractivity contribution in [3.05, 3.63) is 52.0 Å². The van der Waals surface area contributed by atoms with Gasteiger partial charge in [0.2, 0.25) is 0 Å². The van der Waals surface area contributed by atoms with E-state index in [1.165, 1.54) is 23.8 Å². The first-order chi connectivity index (χ1) is 13.8. The van der Waals surface area contributed by atoms with Crippen LogP contribution in [0.5, 0.6) is 0 Å². The zero-order valence-corrected chi connectivity index (χ0v) is 17.2. The maximum atomic E-state index is 12.4. The number of nitrogens with zero attached hydrogens (tertiary/aromatic N) is 3. The summed E-state index contributed by atoms with van der Waals surface area (Å²) in [6.07, 6.45) is 0. The Bertz CT molecular complexity index is 1140. The Kier molecular flexibility index (Phi) is 5.89. The van der Waals surface area contributed by atoms with Gasteiger partial charge in [-0.05, 0) is 32.4 Å². The van der Waals surface area contributed by atoms with Crippen molar-refractivity contribution in [2.45, 2.75) is 27.3 Å². The van der Waals surface area contributed by atoms with E-state index in [9.17, 15) is 9.59 Å². The van der Waals surface area contributed by atoms with Crippen LogP contribution in [0.3, 0.4) is 0 Å². The molecule has 0 aliphatic rings. The van der Waals surface area contributed by atoms with Crippen LogP contribution in [0, 0.1) is 36.5 Å². The highest BCUT2D eigenvalue weighted by Gasteiger charge is 2.23. The van der Waals surface area contributed by atoms with Crippen molar-refractivity contribution in [2.24, 2.45) is 5.92 Å². The molecule has 2 aromatic heterocycles. The van der Waals surface area contributed by atoms with Crippen LogP contribution in [0.15, 0.2) is 30.3 Å². The van der Waals surface area contributed by atoms with Crippen LogP contribution in [0.2, 0.25) is 0 Å². The van der Waals surface area contributed by atoms with Gasteiger partial charge in [0, 0.05) is 11.1 Å². The fourth-order valence-electron chi connectivity index (χ4n) is 2.89. The van der Waals surface area contributed by atoms with Crippen molar-refractivity contribution < 1.29 is 14.3 Å². The van der Waals surface area contributed by atoms with Gasteiger partial charge < -0.3 is 10.1 Å². The van der Waals surface area contributed by atoms with E-state index in [1.54, 1.807) is 12.1 Å². The van der Waals surface area contributed by atoms with Crippen LogP contribution in [-0.2, 0) is 16.1 Å². The standard InChI is InChI=1S/C21H20N4O3S/c1-12-4-6-15(7-5-12)10-25-20-16(14(3)24-25)8-19(29-20)21(27)28-11-18(26)17(9-22)13(2)23/h4-8,17,23H,10-11H2,1-3H3/t17-/m1/s1. The molecule has 2 heterocycles. The Morgan fingerprint density at radius 1 is 1.31 bits per heavy atom. The summed E-state index contributed by atoms with van der Waals surface area (Å²) in [5.74, 6) is -2.41. The number of nitriles is 1. The molecule has 3 rings (SSSR count). The zero-order valence-electron chi connectivity index (χ0n) is 16.4. The Labute approximate surface area is 172 Å². The fourth-order valence-corrected chi connectivity index (χ4v) is 3.94. The molecule has 3 aromatic rings. The van der Waals surface area contributed by atoms with E-state index in [2.05, 4.69) is 5.10 Å². The lowest BCUT2D eigenvalue weighted by atomic mass is 10.0. The summed E-state index contributed by atoms with van der Waals surface area (Å²) in [5, 5.41) is 21.8. The molecular weight excluding hydrogens is 388 g/mol. The molecule has 0 amide bonds. The number of hydrogen-bond acceptors (Lipinski definition) is 7. The Balaban J connectivity index is 1.76. The quantitative estimate of drug-likeness (QED) is 0.474. The summed E-state index contributed by atoms with van der Waals surface area (Å²) >= 11 is 1.25. The molecular formula is C21H20N4O3S. The molecule has 0 aliphatic carbocycles. The molecule has 29 heavy (non-hydrogen) atoms. The smallest absolute Gasteiger partial charge is 0.348 e. The molecule has 1 aromatic carbocycles. The SMILES string of the molecule is CC(=N)[C@@H](C#N)C(=O)COC(=O)c1cc2c(C)nn(Cc3ccc(C)cc3)c2s1. The lowest BCUT2D eigenvalue weighted by Gasteiger charge is -2.06. The van der Waals surface area contributed by atoms with Crippen LogP contribution < -0.4 is 0 Å². The first kappa shape index (κ1) is 20.4. The van der Waals surface area contributed by atoms with Gasteiger partial charge in [0.05, 0.1) is 18.3 Å². The highest BCUT2D eigenvalue weighted by Crippen LogP contribution is 2.29. The second-order valence-electron chi connectivity index (χ2n) is 6.85. The van der Waals surface area contributed by atoms with Crippen molar-refractivity contribution in [1.82, 2.24) is 9.78 Å². The monoisotopic (exact) mass is 408 g/mol. The molecule has 0 fully saturated rings. The number of ketones is 1. The summed E-state index contributed by atoms with van der Waals surface area (Å²) in [5.41, 5.74) is 3.03. The van der Waals surface area contributed by atoms with Crippen LogP contribution in [0.4, 0.5) is 0 Å². The average molecular weight is 408 g/mol.